The first-order valence-electron chi connectivity index (χ1n) is 7.75. The van der Waals surface area contributed by atoms with Gasteiger partial charge in [0.05, 0.1) is 12.2 Å². The molecular formula is C17H23NO3. The van der Waals surface area contributed by atoms with Crippen molar-refractivity contribution in [2.45, 2.75) is 63.9 Å². The lowest BCUT2D eigenvalue weighted by Gasteiger charge is -2.44. The number of carboxylic acid groups (broad SMARTS) is 1. The summed E-state index contributed by atoms with van der Waals surface area (Å²) >= 11 is 0. The van der Waals surface area contributed by atoms with Crippen molar-refractivity contribution in [3.8, 4) is 0 Å². The lowest BCUT2D eigenvalue weighted by molar-refractivity contribution is -0.148. The van der Waals surface area contributed by atoms with Gasteiger partial charge in [0.2, 0.25) is 0 Å². The van der Waals surface area contributed by atoms with Crippen LogP contribution in [0.3, 0.4) is 0 Å². The summed E-state index contributed by atoms with van der Waals surface area (Å²) in [6.07, 6.45) is 2.83. The molecule has 1 N–H and O–H groups in total. The van der Waals surface area contributed by atoms with Crippen molar-refractivity contribution in [1.29, 1.82) is 0 Å². The van der Waals surface area contributed by atoms with Crippen LogP contribution in [-0.2, 0) is 22.5 Å². The van der Waals surface area contributed by atoms with Gasteiger partial charge in [0, 0.05) is 12.6 Å². The minimum atomic E-state index is -0.712. The van der Waals surface area contributed by atoms with Gasteiger partial charge in [0.25, 0.3) is 0 Å². The molecule has 3 unspecified atom stereocenters. The van der Waals surface area contributed by atoms with E-state index in [4.69, 9.17) is 4.74 Å². The first-order chi connectivity index (χ1) is 10.0. The first kappa shape index (κ1) is 14.5. The van der Waals surface area contributed by atoms with Crippen LogP contribution in [0.15, 0.2) is 24.3 Å². The maximum absolute atomic E-state index is 11.7. The monoisotopic (exact) mass is 289 g/mol. The largest absolute Gasteiger partial charge is 0.480 e. The van der Waals surface area contributed by atoms with Gasteiger partial charge in [-0.2, -0.15) is 0 Å². The van der Waals surface area contributed by atoms with E-state index in [2.05, 4.69) is 30.9 Å². The SMILES string of the molecule is CC1CC(N2Cc3ccccc3CC2C(=O)O)CC(C)O1. The van der Waals surface area contributed by atoms with Crippen LogP contribution in [0.25, 0.3) is 0 Å². The van der Waals surface area contributed by atoms with Crippen LogP contribution in [0.4, 0.5) is 0 Å². The van der Waals surface area contributed by atoms with Crippen LogP contribution in [-0.4, -0.2) is 40.3 Å². The van der Waals surface area contributed by atoms with Gasteiger partial charge in [-0.25, -0.2) is 0 Å². The van der Waals surface area contributed by atoms with E-state index in [-0.39, 0.29) is 12.2 Å². The molecule has 1 fully saturated rings. The van der Waals surface area contributed by atoms with Crippen molar-refractivity contribution >= 4 is 5.97 Å². The number of fused-ring (bicyclic) bond motifs is 1. The predicted octanol–water partition coefficient (Wildman–Crippen LogP) is 2.45. The minimum absolute atomic E-state index is 0.199. The highest BCUT2D eigenvalue weighted by molar-refractivity contribution is 5.74. The van der Waals surface area contributed by atoms with Gasteiger partial charge >= 0.3 is 5.97 Å². The maximum atomic E-state index is 11.7. The van der Waals surface area contributed by atoms with E-state index in [1.165, 1.54) is 11.1 Å². The van der Waals surface area contributed by atoms with E-state index in [0.29, 0.717) is 12.5 Å². The molecule has 4 heteroatoms. The zero-order valence-corrected chi connectivity index (χ0v) is 12.7. The molecule has 0 spiro atoms. The topological polar surface area (TPSA) is 49.8 Å². The summed E-state index contributed by atoms with van der Waals surface area (Å²) in [7, 11) is 0. The van der Waals surface area contributed by atoms with Gasteiger partial charge in [0.15, 0.2) is 0 Å². The van der Waals surface area contributed by atoms with E-state index in [0.717, 1.165) is 19.4 Å². The summed E-state index contributed by atoms with van der Waals surface area (Å²) in [6, 6.07) is 8.07. The number of hydrogen-bond donors (Lipinski definition) is 1. The van der Waals surface area contributed by atoms with Crippen molar-refractivity contribution in [2.75, 3.05) is 0 Å². The Morgan fingerprint density at radius 1 is 1.19 bits per heavy atom. The van der Waals surface area contributed by atoms with Crippen molar-refractivity contribution in [2.24, 2.45) is 0 Å². The predicted molar refractivity (Wildman–Crippen MR) is 80.1 cm³/mol. The Kier molecular flexibility index (Phi) is 4.00. The number of carboxylic acids is 1. The summed E-state index contributed by atoms with van der Waals surface area (Å²) in [5.74, 6) is -0.712. The molecule has 2 aliphatic rings. The molecule has 3 rings (SSSR count). The van der Waals surface area contributed by atoms with E-state index >= 15 is 0 Å². The fourth-order valence-corrected chi connectivity index (χ4v) is 3.80. The Hall–Kier alpha value is -1.39. The molecule has 2 aliphatic heterocycles. The molecule has 0 amide bonds. The number of aliphatic carboxylic acids is 1. The summed E-state index contributed by atoms with van der Waals surface area (Å²) in [5.41, 5.74) is 2.44. The molecule has 0 aromatic heterocycles. The zero-order valence-electron chi connectivity index (χ0n) is 12.7. The fraction of sp³-hybridized carbons (Fsp3) is 0.588. The smallest absolute Gasteiger partial charge is 0.321 e. The highest BCUT2D eigenvalue weighted by Gasteiger charge is 2.38. The Bertz CT molecular complexity index is 521. The number of rotatable bonds is 2. The maximum Gasteiger partial charge on any atom is 0.321 e. The molecule has 114 valence electrons. The number of ether oxygens (including phenoxy) is 1. The Morgan fingerprint density at radius 3 is 2.43 bits per heavy atom. The third-order valence-corrected chi connectivity index (χ3v) is 4.71. The highest BCUT2D eigenvalue weighted by atomic mass is 16.5. The molecule has 0 bridgehead atoms. The third kappa shape index (κ3) is 2.97. The lowest BCUT2D eigenvalue weighted by atomic mass is 9.89. The van der Waals surface area contributed by atoms with Crippen LogP contribution in [0.1, 0.15) is 37.8 Å². The van der Waals surface area contributed by atoms with Crippen molar-refractivity contribution in [3.63, 3.8) is 0 Å². The quantitative estimate of drug-likeness (QED) is 0.908. The summed E-state index contributed by atoms with van der Waals surface area (Å²) in [5, 5.41) is 9.62. The third-order valence-electron chi connectivity index (χ3n) is 4.71. The summed E-state index contributed by atoms with van der Waals surface area (Å²) in [6.45, 7) is 4.89. The second-order valence-electron chi connectivity index (χ2n) is 6.38. The second kappa shape index (κ2) is 5.78. The first-order valence-corrected chi connectivity index (χ1v) is 7.75. The van der Waals surface area contributed by atoms with E-state index in [1.54, 1.807) is 0 Å². The molecule has 1 saturated heterocycles. The Morgan fingerprint density at radius 2 is 1.81 bits per heavy atom. The fourth-order valence-electron chi connectivity index (χ4n) is 3.80. The van der Waals surface area contributed by atoms with Gasteiger partial charge in [-0.15, -0.1) is 0 Å². The summed E-state index contributed by atoms with van der Waals surface area (Å²) in [4.78, 5) is 13.9. The molecular weight excluding hydrogens is 266 g/mol. The standard InChI is InChI=1S/C17H23NO3/c1-11-7-15(8-12(2)21-11)18-10-14-6-4-3-5-13(14)9-16(18)17(19)20/h3-6,11-12,15-16H,7-10H2,1-2H3,(H,19,20). The van der Waals surface area contributed by atoms with Crippen LogP contribution >= 0.6 is 0 Å². The number of carbonyl (C=O) groups is 1. The molecule has 2 heterocycles. The minimum Gasteiger partial charge on any atom is -0.480 e. The van der Waals surface area contributed by atoms with Crippen LogP contribution < -0.4 is 0 Å². The van der Waals surface area contributed by atoms with E-state index in [9.17, 15) is 9.90 Å². The average molecular weight is 289 g/mol. The molecule has 1 aromatic rings. The van der Waals surface area contributed by atoms with E-state index in [1.807, 2.05) is 12.1 Å². The molecule has 3 atom stereocenters. The number of nitrogens with zero attached hydrogens (tertiary/aromatic N) is 1. The second-order valence-corrected chi connectivity index (χ2v) is 6.38. The molecule has 1 aromatic carbocycles. The Balaban J connectivity index is 1.87. The van der Waals surface area contributed by atoms with E-state index < -0.39 is 12.0 Å². The van der Waals surface area contributed by atoms with Gasteiger partial charge in [-0.3, -0.25) is 9.69 Å². The molecule has 4 nitrogen and oxygen atoms in total. The normalized spacial score (nSPS) is 33.4. The molecule has 0 radical (unpaired) electrons. The van der Waals surface area contributed by atoms with Crippen LogP contribution in [0.5, 0.6) is 0 Å². The van der Waals surface area contributed by atoms with Crippen LogP contribution in [0, 0.1) is 0 Å². The molecule has 0 saturated carbocycles. The van der Waals surface area contributed by atoms with Gasteiger partial charge in [-0.1, -0.05) is 24.3 Å². The van der Waals surface area contributed by atoms with Crippen molar-refractivity contribution < 1.29 is 14.6 Å². The zero-order chi connectivity index (χ0) is 15.0. The number of hydrogen-bond acceptors (Lipinski definition) is 3. The number of benzene rings is 1. The van der Waals surface area contributed by atoms with Crippen molar-refractivity contribution in [3.05, 3.63) is 35.4 Å². The average Bonchev–Trinajstić information content (AvgIpc) is 2.44. The molecule has 0 aliphatic carbocycles. The lowest BCUT2D eigenvalue weighted by Crippen LogP contribution is -2.53. The van der Waals surface area contributed by atoms with Crippen molar-refractivity contribution in [1.82, 2.24) is 4.90 Å². The Labute approximate surface area is 125 Å². The van der Waals surface area contributed by atoms with Gasteiger partial charge in [0.1, 0.15) is 6.04 Å². The highest BCUT2D eigenvalue weighted by Crippen LogP contribution is 2.31. The summed E-state index contributed by atoms with van der Waals surface area (Å²) < 4.78 is 5.80. The van der Waals surface area contributed by atoms with Crippen LogP contribution in [0.2, 0.25) is 0 Å². The van der Waals surface area contributed by atoms with Gasteiger partial charge in [-0.05, 0) is 44.2 Å². The molecule has 21 heavy (non-hydrogen) atoms. The van der Waals surface area contributed by atoms with Gasteiger partial charge < -0.3 is 9.84 Å².